The van der Waals surface area contributed by atoms with Gasteiger partial charge in [0.15, 0.2) is 0 Å². The van der Waals surface area contributed by atoms with Crippen molar-refractivity contribution in [2.45, 2.75) is 0 Å². The van der Waals surface area contributed by atoms with Crippen LogP contribution in [0.5, 0.6) is 0 Å². The maximum Gasteiger partial charge on any atom is 0.139 e. The van der Waals surface area contributed by atoms with Crippen molar-refractivity contribution in [3.63, 3.8) is 0 Å². The summed E-state index contributed by atoms with van der Waals surface area (Å²) in [6, 6.07) is 0. The van der Waals surface area contributed by atoms with Crippen LogP contribution in [0.2, 0.25) is 0 Å². The lowest BCUT2D eigenvalue weighted by molar-refractivity contribution is 1.08. The molecule has 0 aromatic carbocycles. The van der Waals surface area contributed by atoms with Crippen molar-refractivity contribution in [1.82, 2.24) is 10.2 Å². The number of aromatic nitrogens is 2. The summed E-state index contributed by atoms with van der Waals surface area (Å²) in [5.41, 5.74) is 7.26. The van der Waals surface area contributed by atoms with Crippen LogP contribution in [0, 0.1) is 5.41 Å². The molecule has 4 N–H and O–H groups in total. The predicted molar refractivity (Wildman–Crippen MR) is 45.8 cm³/mol. The Morgan fingerprint density at radius 3 is 2.83 bits per heavy atom. The average molecular weight is 162 g/mol. The third kappa shape index (κ3) is 0.815. The highest BCUT2D eigenvalue weighted by Crippen LogP contribution is 2.10. The minimum atomic E-state index is 0.242. The fraction of sp³-hybridized carbons (Fsp3) is 0. The Labute approximate surface area is 67.7 Å². The first-order valence-electron chi connectivity index (χ1n) is 3.28. The molecule has 0 unspecified atom stereocenters. The average Bonchev–Trinajstić information content (AvgIpc) is 2.59. The van der Waals surface area contributed by atoms with E-state index in [1.54, 1.807) is 0 Å². The fourth-order valence-corrected chi connectivity index (χ4v) is 0.929. The number of aromatic amines is 1. The normalized spacial score (nSPS) is 15.3. The number of nitrogens with two attached hydrogens (primary N) is 1. The van der Waals surface area contributed by atoms with Gasteiger partial charge in [-0.1, -0.05) is 0 Å². The molecule has 0 radical (unpaired) electrons. The van der Waals surface area contributed by atoms with Crippen LogP contribution in [0.4, 0.5) is 5.69 Å². The second-order valence-corrected chi connectivity index (χ2v) is 2.31. The summed E-state index contributed by atoms with van der Waals surface area (Å²) in [6.45, 7) is 0. The van der Waals surface area contributed by atoms with Gasteiger partial charge in [-0.2, -0.15) is 10.2 Å². The highest BCUT2D eigenvalue weighted by molar-refractivity contribution is 6.66. The smallest absolute Gasteiger partial charge is 0.139 e. The van der Waals surface area contributed by atoms with Crippen LogP contribution in [0.1, 0.15) is 5.69 Å². The fourth-order valence-electron chi connectivity index (χ4n) is 0.929. The molecule has 0 spiro atoms. The summed E-state index contributed by atoms with van der Waals surface area (Å²) in [7, 11) is 0. The van der Waals surface area contributed by atoms with Gasteiger partial charge in [-0.25, -0.2) is 0 Å². The standard InChI is InChI=1S/C6H6N6/c7-3-1-9-11-5(3)6-4(8)2-10-12-6/h1-2,7H,8H2,(H,10,12). The first-order chi connectivity index (χ1) is 5.79. The molecule has 0 fully saturated rings. The molecule has 0 saturated heterocycles. The summed E-state index contributed by atoms with van der Waals surface area (Å²) in [5.74, 6) is 0. The summed E-state index contributed by atoms with van der Waals surface area (Å²) >= 11 is 0. The maximum absolute atomic E-state index is 7.40. The summed E-state index contributed by atoms with van der Waals surface area (Å²) < 4.78 is 0. The third-order valence-electron chi connectivity index (χ3n) is 1.51. The molecule has 0 atom stereocenters. The van der Waals surface area contributed by atoms with Crippen LogP contribution in [0.3, 0.4) is 0 Å². The Bertz CT molecular complexity index is 384. The van der Waals surface area contributed by atoms with Gasteiger partial charge in [0.2, 0.25) is 0 Å². The zero-order valence-corrected chi connectivity index (χ0v) is 6.07. The molecular weight excluding hydrogens is 156 g/mol. The SMILES string of the molecule is N=C1C=NN=C1c1[nH]ncc1N. The van der Waals surface area contributed by atoms with E-state index in [0.29, 0.717) is 17.1 Å². The first-order valence-corrected chi connectivity index (χ1v) is 3.28. The zero-order chi connectivity index (χ0) is 8.55. The Morgan fingerprint density at radius 2 is 2.33 bits per heavy atom. The van der Waals surface area contributed by atoms with Crippen molar-refractivity contribution in [3.05, 3.63) is 11.9 Å². The van der Waals surface area contributed by atoms with Gasteiger partial charge in [0.05, 0.1) is 18.1 Å². The Hall–Kier alpha value is -1.98. The van der Waals surface area contributed by atoms with E-state index in [-0.39, 0.29) is 5.71 Å². The van der Waals surface area contributed by atoms with Crippen LogP contribution in [-0.4, -0.2) is 27.8 Å². The lowest BCUT2D eigenvalue weighted by atomic mass is 10.2. The summed E-state index contributed by atoms with van der Waals surface area (Å²) in [6.07, 6.45) is 2.83. The number of nitrogens with zero attached hydrogens (tertiary/aromatic N) is 3. The minimum Gasteiger partial charge on any atom is -0.396 e. The van der Waals surface area contributed by atoms with Crippen molar-refractivity contribution in [2.24, 2.45) is 10.2 Å². The molecule has 6 nitrogen and oxygen atoms in total. The van der Waals surface area contributed by atoms with Gasteiger partial charge in [0.1, 0.15) is 17.1 Å². The molecule has 12 heavy (non-hydrogen) atoms. The second kappa shape index (κ2) is 2.26. The van der Waals surface area contributed by atoms with Crippen LogP contribution in [-0.2, 0) is 0 Å². The van der Waals surface area contributed by atoms with E-state index < -0.39 is 0 Å². The molecule has 2 heterocycles. The molecule has 0 aliphatic carbocycles. The Kier molecular flexibility index (Phi) is 1.26. The topological polar surface area (TPSA) is 103 Å². The van der Waals surface area contributed by atoms with Crippen molar-refractivity contribution < 1.29 is 0 Å². The molecule has 1 aromatic rings. The first kappa shape index (κ1) is 6.71. The van der Waals surface area contributed by atoms with Gasteiger partial charge in [-0.3, -0.25) is 10.5 Å². The molecule has 2 rings (SSSR count). The van der Waals surface area contributed by atoms with Gasteiger partial charge in [-0.15, -0.1) is 5.10 Å². The number of nitrogen functional groups attached to an aromatic ring is 1. The van der Waals surface area contributed by atoms with Crippen molar-refractivity contribution in [3.8, 4) is 0 Å². The van der Waals surface area contributed by atoms with Crippen molar-refractivity contribution in [1.29, 1.82) is 5.41 Å². The molecule has 6 heteroatoms. The monoisotopic (exact) mass is 162 g/mol. The molecule has 0 amide bonds. The lowest BCUT2D eigenvalue weighted by Crippen LogP contribution is -2.13. The number of hydrogen-bond donors (Lipinski definition) is 3. The number of nitrogens with one attached hydrogen (secondary N) is 2. The number of anilines is 1. The van der Waals surface area contributed by atoms with Crippen LogP contribution in [0.25, 0.3) is 0 Å². The van der Waals surface area contributed by atoms with E-state index in [0.717, 1.165) is 0 Å². The molecule has 1 aromatic heterocycles. The third-order valence-corrected chi connectivity index (χ3v) is 1.51. The second-order valence-electron chi connectivity index (χ2n) is 2.31. The van der Waals surface area contributed by atoms with Gasteiger partial charge in [0.25, 0.3) is 0 Å². The summed E-state index contributed by atoms with van der Waals surface area (Å²) in [5, 5.41) is 21.1. The van der Waals surface area contributed by atoms with E-state index >= 15 is 0 Å². The van der Waals surface area contributed by atoms with Gasteiger partial charge in [-0.05, 0) is 0 Å². The number of H-pyrrole nitrogens is 1. The highest BCUT2D eigenvalue weighted by Gasteiger charge is 2.16. The van der Waals surface area contributed by atoms with Crippen LogP contribution in [0.15, 0.2) is 16.4 Å². The van der Waals surface area contributed by atoms with E-state index in [9.17, 15) is 0 Å². The van der Waals surface area contributed by atoms with Crippen molar-refractivity contribution in [2.75, 3.05) is 5.73 Å². The predicted octanol–water partition coefficient (Wildman–Crippen LogP) is -0.200. The number of hydrogen-bond acceptors (Lipinski definition) is 5. The minimum absolute atomic E-state index is 0.242. The van der Waals surface area contributed by atoms with Crippen LogP contribution < -0.4 is 5.73 Å². The maximum atomic E-state index is 7.40. The molecule has 1 aliphatic rings. The zero-order valence-electron chi connectivity index (χ0n) is 6.07. The van der Waals surface area contributed by atoms with Gasteiger partial charge < -0.3 is 5.73 Å². The molecule has 0 bridgehead atoms. The molecular formula is C6H6N6. The van der Waals surface area contributed by atoms with Gasteiger partial charge >= 0.3 is 0 Å². The lowest BCUT2D eigenvalue weighted by Gasteiger charge is -1.95. The quantitative estimate of drug-likeness (QED) is 0.532. The number of rotatable bonds is 1. The Balaban J connectivity index is 2.46. The molecule has 0 saturated carbocycles. The highest BCUT2D eigenvalue weighted by atomic mass is 15.2. The van der Waals surface area contributed by atoms with E-state index in [1.165, 1.54) is 12.4 Å². The van der Waals surface area contributed by atoms with E-state index in [4.69, 9.17) is 11.1 Å². The van der Waals surface area contributed by atoms with E-state index in [1.807, 2.05) is 0 Å². The van der Waals surface area contributed by atoms with E-state index in [2.05, 4.69) is 20.4 Å². The van der Waals surface area contributed by atoms with Gasteiger partial charge in [0, 0.05) is 0 Å². The van der Waals surface area contributed by atoms with Crippen molar-refractivity contribution >= 4 is 23.3 Å². The van der Waals surface area contributed by atoms with Crippen LogP contribution >= 0.6 is 0 Å². The largest absolute Gasteiger partial charge is 0.396 e. The molecule has 1 aliphatic heterocycles. The molecule has 60 valence electrons. The summed E-state index contributed by atoms with van der Waals surface area (Å²) in [4.78, 5) is 0. The Morgan fingerprint density at radius 1 is 1.50 bits per heavy atom.